The summed E-state index contributed by atoms with van der Waals surface area (Å²) < 4.78 is 5.83. The van der Waals surface area contributed by atoms with Gasteiger partial charge < -0.3 is 10.5 Å². The van der Waals surface area contributed by atoms with Gasteiger partial charge in [0, 0.05) is 24.7 Å². The molecule has 0 radical (unpaired) electrons. The minimum atomic E-state index is 0.431. The van der Waals surface area contributed by atoms with Crippen LogP contribution in [0.5, 0.6) is 5.75 Å². The zero-order valence-electron chi connectivity index (χ0n) is 11.8. The summed E-state index contributed by atoms with van der Waals surface area (Å²) in [5.74, 6) is 1.85. The molecule has 0 aromatic heterocycles. The lowest BCUT2D eigenvalue weighted by atomic mass is 10.2. The number of nitrogens with zero attached hydrogens (tertiary/aromatic N) is 1. The van der Waals surface area contributed by atoms with Gasteiger partial charge in [-0.25, -0.2) is 0 Å². The summed E-state index contributed by atoms with van der Waals surface area (Å²) >= 11 is 4.94. The summed E-state index contributed by atoms with van der Waals surface area (Å²) in [5.41, 5.74) is 6.47. The summed E-state index contributed by atoms with van der Waals surface area (Å²) in [6.07, 6.45) is 5.58. The molecule has 2 aliphatic rings. The van der Waals surface area contributed by atoms with E-state index in [0.29, 0.717) is 4.99 Å². The Balaban J connectivity index is 1.44. The van der Waals surface area contributed by atoms with E-state index in [1.54, 1.807) is 0 Å². The van der Waals surface area contributed by atoms with Crippen molar-refractivity contribution in [2.45, 2.75) is 31.7 Å². The van der Waals surface area contributed by atoms with E-state index < -0.39 is 0 Å². The van der Waals surface area contributed by atoms with E-state index >= 15 is 0 Å². The fraction of sp³-hybridized carbons (Fsp3) is 0.562. The highest BCUT2D eigenvalue weighted by molar-refractivity contribution is 7.80. The standard InChI is InChI=1S/C16H22N2OS/c17-16(20)13-3-7-15(8-4-13)19-10-9-18(14-5-6-14)11-12-1-2-12/h3-4,7-8,12,14H,1-2,5-6,9-11H2,(H2,17,20). The molecule has 2 saturated carbocycles. The first kappa shape index (κ1) is 13.8. The average Bonchev–Trinajstić information content (AvgIpc) is 3.31. The molecule has 0 amide bonds. The van der Waals surface area contributed by atoms with E-state index in [-0.39, 0.29) is 0 Å². The lowest BCUT2D eigenvalue weighted by Crippen LogP contribution is -2.32. The molecule has 0 bridgehead atoms. The van der Waals surface area contributed by atoms with Crippen molar-refractivity contribution in [3.8, 4) is 5.75 Å². The van der Waals surface area contributed by atoms with Crippen LogP contribution in [-0.4, -0.2) is 35.6 Å². The molecule has 4 heteroatoms. The SMILES string of the molecule is NC(=S)c1ccc(OCCN(CC2CC2)C2CC2)cc1. The predicted octanol–water partition coefficient (Wildman–Crippen LogP) is 2.57. The molecule has 3 nitrogen and oxygen atoms in total. The molecular formula is C16H22N2OS. The molecule has 1 aromatic rings. The number of thiocarbonyl (C=S) groups is 1. The van der Waals surface area contributed by atoms with Gasteiger partial charge in [-0.05, 0) is 55.9 Å². The Kier molecular flexibility index (Phi) is 4.22. The second-order valence-corrected chi connectivity index (χ2v) is 6.35. The lowest BCUT2D eigenvalue weighted by molar-refractivity contribution is 0.195. The summed E-state index contributed by atoms with van der Waals surface area (Å²) in [4.78, 5) is 3.04. The maximum absolute atomic E-state index is 5.83. The predicted molar refractivity (Wildman–Crippen MR) is 85.1 cm³/mol. The van der Waals surface area contributed by atoms with Crippen molar-refractivity contribution in [1.29, 1.82) is 0 Å². The Morgan fingerprint density at radius 3 is 2.45 bits per heavy atom. The highest BCUT2D eigenvalue weighted by atomic mass is 32.1. The van der Waals surface area contributed by atoms with Crippen LogP contribution < -0.4 is 10.5 Å². The third-order valence-electron chi connectivity index (χ3n) is 4.04. The average molecular weight is 290 g/mol. The van der Waals surface area contributed by atoms with Crippen LogP contribution in [0.15, 0.2) is 24.3 Å². The number of hydrogen-bond donors (Lipinski definition) is 1. The minimum absolute atomic E-state index is 0.431. The van der Waals surface area contributed by atoms with Gasteiger partial charge in [0.05, 0.1) is 0 Å². The quantitative estimate of drug-likeness (QED) is 0.747. The molecule has 0 heterocycles. The van der Waals surface area contributed by atoms with Gasteiger partial charge in [0.2, 0.25) is 0 Å². The lowest BCUT2D eigenvalue weighted by Gasteiger charge is -2.21. The molecule has 20 heavy (non-hydrogen) atoms. The molecule has 2 aliphatic carbocycles. The minimum Gasteiger partial charge on any atom is -0.492 e. The van der Waals surface area contributed by atoms with Crippen molar-refractivity contribution < 1.29 is 4.74 Å². The molecular weight excluding hydrogens is 268 g/mol. The van der Waals surface area contributed by atoms with Crippen LogP contribution in [0.3, 0.4) is 0 Å². The zero-order chi connectivity index (χ0) is 13.9. The summed E-state index contributed by atoms with van der Waals surface area (Å²) in [7, 11) is 0. The Morgan fingerprint density at radius 2 is 1.90 bits per heavy atom. The van der Waals surface area contributed by atoms with Gasteiger partial charge in [-0.3, -0.25) is 4.90 Å². The van der Waals surface area contributed by atoms with Gasteiger partial charge in [0.15, 0.2) is 0 Å². The van der Waals surface area contributed by atoms with Gasteiger partial charge in [-0.1, -0.05) is 12.2 Å². The van der Waals surface area contributed by atoms with Gasteiger partial charge in [-0.15, -0.1) is 0 Å². The second kappa shape index (κ2) is 6.10. The van der Waals surface area contributed by atoms with Crippen molar-refractivity contribution in [1.82, 2.24) is 4.90 Å². The fourth-order valence-electron chi connectivity index (χ4n) is 2.49. The second-order valence-electron chi connectivity index (χ2n) is 5.91. The van der Waals surface area contributed by atoms with E-state index in [1.165, 1.54) is 32.2 Å². The van der Waals surface area contributed by atoms with E-state index in [0.717, 1.165) is 36.4 Å². The number of ether oxygens (including phenoxy) is 1. The van der Waals surface area contributed by atoms with Crippen molar-refractivity contribution >= 4 is 17.2 Å². The highest BCUT2D eigenvalue weighted by Gasteiger charge is 2.33. The summed E-state index contributed by atoms with van der Waals surface area (Å²) in [6.45, 7) is 3.07. The van der Waals surface area contributed by atoms with Crippen molar-refractivity contribution in [3.05, 3.63) is 29.8 Å². The normalized spacial score (nSPS) is 18.2. The summed E-state index contributed by atoms with van der Waals surface area (Å²) in [5, 5.41) is 0. The smallest absolute Gasteiger partial charge is 0.119 e. The maximum Gasteiger partial charge on any atom is 0.119 e. The fourth-order valence-corrected chi connectivity index (χ4v) is 2.63. The number of nitrogens with two attached hydrogens (primary N) is 1. The van der Waals surface area contributed by atoms with Crippen molar-refractivity contribution in [2.75, 3.05) is 19.7 Å². The van der Waals surface area contributed by atoms with Crippen LogP contribution in [0.25, 0.3) is 0 Å². The molecule has 108 valence electrons. The number of hydrogen-bond acceptors (Lipinski definition) is 3. The largest absolute Gasteiger partial charge is 0.492 e. The van der Waals surface area contributed by atoms with Crippen molar-refractivity contribution in [2.24, 2.45) is 11.7 Å². The maximum atomic E-state index is 5.83. The molecule has 0 spiro atoms. The van der Waals surface area contributed by atoms with Crippen LogP contribution in [0.2, 0.25) is 0 Å². The molecule has 0 atom stereocenters. The van der Waals surface area contributed by atoms with E-state index in [4.69, 9.17) is 22.7 Å². The Bertz CT molecular complexity index is 466. The van der Waals surface area contributed by atoms with E-state index in [2.05, 4.69) is 4.90 Å². The third-order valence-corrected chi connectivity index (χ3v) is 4.27. The Hall–Kier alpha value is -1.13. The van der Waals surface area contributed by atoms with Gasteiger partial charge in [0.25, 0.3) is 0 Å². The molecule has 0 saturated heterocycles. The third kappa shape index (κ3) is 3.93. The molecule has 2 fully saturated rings. The van der Waals surface area contributed by atoms with Crippen LogP contribution in [0, 0.1) is 5.92 Å². The van der Waals surface area contributed by atoms with E-state index in [9.17, 15) is 0 Å². The molecule has 1 aromatic carbocycles. The van der Waals surface area contributed by atoms with Crippen molar-refractivity contribution in [3.63, 3.8) is 0 Å². The first-order chi connectivity index (χ1) is 9.72. The molecule has 0 unspecified atom stereocenters. The summed E-state index contributed by atoms with van der Waals surface area (Å²) in [6, 6.07) is 8.55. The van der Waals surface area contributed by atoms with Gasteiger partial charge >= 0.3 is 0 Å². The monoisotopic (exact) mass is 290 g/mol. The van der Waals surface area contributed by atoms with Crippen LogP contribution >= 0.6 is 12.2 Å². The first-order valence-electron chi connectivity index (χ1n) is 7.49. The topological polar surface area (TPSA) is 38.5 Å². The first-order valence-corrected chi connectivity index (χ1v) is 7.90. The van der Waals surface area contributed by atoms with Crippen LogP contribution in [0.1, 0.15) is 31.2 Å². The molecule has 3 rings (SSSR count). The molecule has 0 aliphatic heterocycles. The molecule has 2 N–H and O–H groups in total. The van der Waals surface area contributed by atoms with Crippen LogP contribution in [0.4, 0.5) is 0 Å². The number of benzene rings is 1. The van der Waals surface area contributed by atoms with Crippen LogP contribution in [-0.2, 0) is 0 Å². The van der Waals surface area contributed by atoms with Gasteiger partial charge in [0.1, 0.15) is 17.3 Å². The van der Waals surface area contributed by atoms with Gasteiger partial charge in [-0.2, -0.15) is 0 Å². The Morgan fingerprint density at radius 1 is 1.20 bits per heavy atom. The van der Waals surface area contributed by atoms with E-state index in [1.807, 2.05) is 24.3 Å². The number of rotatable bonds is 8. The zero-order valence-corrected chi connectivity index (χ0v) is 12.6. The Labute approximate surface area is 126 Å². The highest BCUT2D eigenvalue weighted by Crippen LogP contribution is 2.34.